The summed E-state index contributed by atoms with van der Waals surface area (Å²) >= 11 is 8.52. The van der Waals surface area contributed by atoms with Crippen LogP contribution in [-0.4, -0.2) is 4.99 Å². The third-order valence-corrected chi connectivity index (χ3v) is 3.46. The molecule has 2 nitrogen and oxygen atoms in total. The van der Waals surface area contributed by atoms with Crippen LogP contribution in [0.15, 0.2) is 40.9 Å². The third kappa shape index (κ3) is 3.55. The van der Waals surface area contributed by atoms with E-state index in [0.29, 0.717) is 4.99 Å². The van der Waals surface area contributed by atoms with Gasteiger partial charge in [0.05, 0.1) is 0 Å². The van der Waals surface area contributed by atoms with E-state index in [9.17, 15) is 0 Å². The predicted molar refractivity (Wildman–Crippen MR) is 89.2 cm³/mol. The fourth-order valence-corrected chi connectivity index (χ4v) is 2.56. The van der Waals surface area contributed by atoms with Crippen molar-refractivity contribution >= 4 is 44.5 Å². The number of thiocarbonyl (C=S) groups is 1. The summed E-state index contributed by atoms with van der Waals surface area (Å²) in [5, 5.41) is 3.37. The van der Waals surface area contributed by atoms with Gasteiger partial charge in [0, 0.05) is 21.4 Å². The smallest absolute Gasteiger partial charge is 0.106 e. The molecule has 0 heterocycles. The lowest BCUT2D eigenvalue weighted by Gasteiger charge is -2.13. The van der Waals surface area contributed by atoms with E-state index in [1.807, 2.05) is 18.2 Å². The first-order valence-electron chi connectivity index (χ1n) is 5.90. The molecule has 2 rings (SSSR count). The van der Waals surface area contributed by atoms with Crippen molar-refractivity contribution in [2.24, 2.45) is 5.73 Å². The van der Waals surface area contributed by atoms with E-state index in [-0.39, 0.29) is 0 Å². The Labute approximate surface area is 127 Å². The average molecular weight is 335 g/mol. The van der Waals surface area contributed by atoms with Crippen LogP contribution in [0.3, 0.4) is 0 Å². The first-order chi connectivity index (χ1) is 8.95. The molecule has 0 atom stereocenters. The van der Waals surface area contributed by atoms with E-state index in [0.717, 1.165) is 21.4 Å². The van der Waals surface area contributed by atoms with Gasteiger partial charge in [0.25, 0.3) is 0 Å². The fraction of sp³-hybridized carbons (Fsp3) is 0.133. The van der Waals surface area contributed by atoms with Crippen LogP contribution in [0.25, 0.3) is 0 Å². The van der Waals surface area contributed by atoms with Crippen molar-refractivity contribution in [3.8, 4) is 0 Å². The zero-order valence-electron chi connectivity index (χ0n) is 10.8. The van der Waals surface area contributed by atoms with Crippen LogP contribution in [0.4, 0.5) is 11.4 Å². The molecule has 0 aliphatic heterocycles. The summed E-state index contributed by atoms with van der Waals surface area (Å²) in [7, 11) is 0. The van der Waals surface area contributed by atoms with Gasteiger partial charge in [-0.15, -0.1) is 0 Å². The van der Waals surface area contributed by atoms with Crippen LogP contribution in [0.2, 0.25) is 0 Å². The molecule has 2 aromatic rings. The summed E-state index contributed by atoms with van der Waals surface area (Å²) in [6.45, 7) is 4.16. The van der Waals surface area contributed by atoms with E-state index >= 15 is 0 Å². The van der Waals surface area contributed by atoms with E-state index in [1.54, 1.807) is 0 Å². The molecule has 2 aromatic carbocycles. The first kappa shape index (κ1) is 14.0. The Morgan fingerprint density at radius 2 is 1.74 bits per heavy atom. The lowest BCUT2D eigenvalue weighted by atomic mass is 10.1. The van der Waals surface area contributed by atoms with Crippen LogP contribution >= 0.6 is 28.1 Å². The van der Waals surface area contributed by atoms with Crippen LogP contribution < -0.4 is 11.1 Å². The van der Waals surface area contributed by atoms with Crippen molar-refractivity contribution in [2.45, 2.75) is 13.8 Å². The number of benzene rings is 2. The Hall–Kier alpha value is -1.39. The molecule has 0 fully saturated rings. The van der Waals surface area contributed by atoms with Gasteiger partial charge in [-0.05, 0) is 55.3 Å². The fourth-order valence-electron chi connectivity index (χ4n) is 2.03. The maximum atomic E-state index is 5.77. The molecule has 0 saturated heterocycles. The molecule has 0 aliphatic rings. The van der Waals surface area contributed by atoms with Gasteiger partial charge in [0.2, 0.25) is 0 Å². The molecular formula is C15H15BrN2S. The number of hydrogen-bond acceptors (Lipinski definition) is 2. The Bertz CT molecular complexity index is 618. The van der Waals surface area contributed by atoms with Gasteiger partial charge >= 0.3 is 0 Å². The number of nitrogens with one attached hydrogen (secondary N) is 1. The van der Waals surface area contributed by atoms with E-state index < -0.39 is 0 Å². The van der Waals surface area contributed by atoms with Crippen molar-refractivity contribution in [1.82, 2.24) is 0 Å². The molecule has 0 saturated carbocycles. The second-order valence-electron chi connectivity index (χ2n) is 4.56. The first-order valence-corrected chi connectivity index (χ1v) is 7.10. The van der Waals surface area contributed by atoms with Gasteiger partial charge in [-0.25, -0.2) is 0 Å². The molecule has 19 heavy (non-hydrogen) atoms. The van der Waals surface area contributed by atoms with Gasteiger partial charge in [-0.1, -0.05) is 34.2 Å². The van der Waals surface area contributed by atoms with Gasteiger partial charge < -0.3 is 11.1 Å². The summed E-state index contributed by atoms with van der Waals surface area (Å²) in [6.07, 6.45) is 0. The zero-order valence-corrected chi connectivity index (χ0v) is 13.2. The monoisotopic (exact) mass is 334 g/mol. The highest BCUT2D eigenvalue weighted by molar-refractivity contribution is 9.10. The summed E-state index contributed by atoms with van der Waals surface area (Å²) in [5.74, 6) is 0. The highest BCUT2D eigenvalue weighted by Gasteiger charge is 2.07. The zero-order chi connectivity index (χ0) is 14.0. The van der Waals surface area contributed by atoms with Crippen molar-refractivity contribution in [3.63, 3.8) is 0 Å². The Morgan fingerprint density at radius 3 is 2.32 bits per heavy atom. The summed E-state index contributed by atoms with van der Waals surface area (Å²) in [4.78, 5) is 0.383. The molecule has 3 N–H and O–H groups in total. The Morgan fingerprint density at radius 1 is 1.11 bits per heavy atom. The Balaban J connectivity index is 2.40. The van der Waals surface area contributed by atoms with Crippen molar-refractivity contribution < 1.29 is 0 Å². The quantitative estimate of drug-likeness (QED) is 0.814. The maximum Gasteiger partial charge on any atom is 0.106 e. The second-order valence-corrected chi connectivity index (χ2v) is 5.91. The van der Waals surface area contributed by atoms with Crippen LogP contribution in [-0.2, 0) is 0 Å². The maximum absolute atomic E-state index is 5.77. The predicted octanol–water partition coefficient (Wildman–Crippen LogP) is 4.44. The average Bonchev–Trinajstić information content (AvgIpc) is 2.30. The van der Waals surface area contributed by atoms with E-state index in [1.165, 1.54) is 11.1 Å². The molecule has 4 heteroatoms. The van der Waals surface area contributed by atoms with Gasteiger partial charge in [-0.3, -0.25) is 0 Å². The minimum atomic E-state index is 0.383. The summed E-state index contributed by atoms with van der Waals surface area (Å²) in [6, 6.07) is 12.2. The number of anilines is 2. The number of rotatable bonds is 3. The molecule has 0 spiro atoms. The van der Waals surface area contributed by atoms with Gasteiger partial charge in [-0.2, -0.15) is 0 Å². The van der Waals surface area contributed by atoms with Gasteiger partial charge in [0.1, 0.15) is 4.99 Å². The van der Waals surface area contributed by atoms with E-state index in [2.05, 4.69) is 53.3 Å². The molecular weight excluding hydrogens is 320 g/mol. The lowest BCUT2D eigenvalue weighted by molar-refractivity contribution is 1.37. The summed E-state index contributed by atoms with van der Waals surface area (Å²) in [5.41, 5.74) is 11.0. The highest BCUT2D eigenvalue weighted by Crippen LogP contribution is 2.25. The van der Waals surface area contributed by atoms with E-state index in [4.69, 9.17) is 18.0 Å². The largest absolute Gasteiger partial charge is 0.389 e. The topological polar surface area (TPSA) is 38.0 Å². The third-order valence-electron chi connectivity index (χ3n) is 2.75. The minimum absolute atomic E-state index is 0.383. The van der Waals surface area contributed by atoms with Crippen LogP contribution in [0.5, 0.6) is 0 Å². The molecule has 0 unspecified atom stereocenters. The van der Waals surface area contributed by atoms with Crippen molar-refractivity contribution in [3.05, 3.63) is 57.6 Å². The standard InChI is InChI=1S/C15H15BrN2S/c1-9-5-10(2)7-12(6-9)18-14-4-3-11(16)8-13(14)15(17)19/h3-8,18H,1-2H3,(H2,17,19). The second kappa shape index (κ2) is 5.72. The van der Waals surface area contributed by atoms with Gasteiger partial charge in [0.15, 0.2) is 0 Å². The van der Waals surface area contributed by atoms with Crippen LogP contribution in [0.1, 0.15) is 16.7 Å². The Kier molecular flexibility index (Phi) is 4.22. The number of aryl methyl sites for hydroxylation is 2. The molecule has 98 valence electrons. The van der Waals surface area contributed by atoms with Crippen molar-refractivity contribution in [2.75, 3.05) is 5.32 Å². The molecule has 0 aliphatic carbocycles. The molecule has 0 bridgehead atoms. The summed E-state index contributed by atoms with van der Waals surface area (Å²) < 4.78 is 0.960. The lowest BCUT2D eigenvalue weighted by Crippen LogP contribution is -2.12. The minimum Gasteiger partial charge on any atom is -0.389 e. The van der Waals surface area contributed by atoms with Crippen LogP contribution in [0, 0.1) is 13.8 Å². The highest BCUT2D eigenvalue weighted by atomic mass is 79.9. The normalized spacial score (nSPS) is 10.3. The number of nitrogens with two attached hydrogens (primary N) is 1. The number of hydrogen-bond donors (Lipinski definition) is 2. The van der Waals surface area contributed by atoms with Crippen molar-refractivity contribution in [1.29, 1.82) is 0 Å². The molecule has 0 amide bonds. The molecule has 0 aromatic heterocycles. The molecule has 0 radical (unpaired) electrons. The number of halogens is 1. The SMILES string of the molecule is Cc1cc(C)cc(Nc2ccc(Br)cc2C(N)=S)c1.